The molecule has 0 bridgehead atoms. The Morgan fingerprint density at radius 2 is 2.00 bits per heavy atom. The lowest BCUT2D eigenvalue weighted by Gasteiger charge is -2.20. The molecule has 2 nitrogen and oxygen atoms in total. The van der Waals surface area contributed by atoms with E-state index in [2.05, 4.69) is 20.8 Å². The van der Waals surface area contributed by atoms with E-state index in [4.69, 9.17) is 10.8 Å². The van der Waals surface area contributed by atoms with Crippen molar-refractivity contribution in [3.05, 3.63) is 0 Å². The first-order chi connectivity index (χ1) is 6.11. The molecule has 0 aliphatic heterocycles. The summed E-state index contributed by atoms with van der Waals surface area (Å²) in [5, 5.41) is 9.32. The fourth-order valence-corrected chi connectivity index (χ4v) is 2.48. The van der Waals surface area contributed by atoms with E-state index in [-0.39, 0.29) is 17.9 Å². The minimum absolute atomic E-state index is 0.141. The van der Waals surface area contributed by atoms with Gasteiger partial charge in [0.1, 0.15) is 0 Å². The Balaban J connectivity index is 3.59. The summed E-state index contributed by atoms with van der Waals surface area (Å²) < 4.78 is 0. The fraction of sp³-hybridized carbons (Fsp3) is 1.00. The Bertz CT molecular complexity index is 119. The molecule has 2 unspecified atom stereocenters. The number of aliphatic hydroxyl groups is 1. The molecule has 0 aromatic heterocycles. The molecule has 80 valence electrons. The lowest BCUT2D eigenvalue weighted by molar-refractivity contribution is 0.281. The van der Waals surface area contributed by atoms with E-state index in [1.807, 2.05) is 11.8 Å². The average Bonchev–Trinajstić information content (AvgIpc) is 2.11. The third-order valence-electron chi connectivity index (χ3n) is 2.16. The Morgan fingerprint density at radius 1 is 1.38 bits per heavy atom. The largest absolute Gasteiger partial charge is 0.395 e. The molecule has 0 radical (unpaired) electrons. The molecule has 0 saturated carbocycles. The molecule has 3 N–H and O–H groups in total. The van der Waals surface area contributed by atoms with Gasteiger partial charge in [-0.05, 0) is 24.5 Å². The Hall–Kier alpha value is 0.270. The highest BCUT2D eigenvalue weighted by Crippen LogP contribution is 2.18. The molecule has 0 fully saturated rings. The number of nitrogens with two attached hydrogens (primary N) is 1. The summed E-state index contributed by atoms with van der Waals surface area (Å²) >= 11 is 1.81. The van der Waals surface area contributed by atoms with Crippen molar-refractivity contribution in [1.82, 2.24) is 0 Å². The second kappa shape index (κ2) is 7.65. The number of thioether (sulfide) groups is 1. The monoisotopic (exact) mass is 205 g/mol. The third kappa shape index (κ3) is 6.36. The minimum atomic E-state index is 0.141. The SMILES string of the molecule is CCC(N)C(CO)SCCC(C)C. The Labute approximate surface area is 86.3 Å². The van der Waals surface area contributed by atoms with Crippen LogP contribution in [0, 0.1) is 5.92 Å². The third-order valence-corrected chi connectivity index (χ3v) is 3.55. The van der Waals surface area contributed by atoms with Gasteiger partial charge in [0.15, 0.2) is 0 Å². The molecular formula is C10H23NOS. The summed E-state index contributed by atoms with van der Waals surface area (Å²) in [6.07, 6.45) is 2.15. The number of hydrogen-bond donors (Lipinski definition) is 2. The summed E-state index contributed by atoms with van der Waals surface area (Å²) in [5.74, 6) is 1.85. The fourth-order valence-electron chi connectivity index (χ4n) is 1.03. The van der Waals surface area contributed by atoms with E-state index in [0.717, 1.165) is 18.1 Å². The lowest BCUT2D eigenvalue weighted by atomic mass is 10.2. The van der Waals surface area contributed by atoms with E-state index in [9.17, 15) is 0 Å². The summed E-state index contributed by atoms with van der Waals surface area (Å²) in [7, 11) is 0. The molecule has 0 aromatic rings. The van der Waals surface area contributed by atoms with Crippen molar-refractivity contribution in [3.8, 4) is 0 Å². The second-order valence-corrected chi connectivity index (χ2v) is 5.19. The smallest absolute Gasteiger partial charge is 0.0565 e. The predicted octanol–water partition coefficient (Wildman–Crippen LogP) is 1.86. The van der Waals surface area contributed by atoms with Gasteiger partial charge >= 0.3 is 0 Å². The minimum Gasteiger partial charge on any atom is -0.395 e. The molecule has 0 aliphatic carbocycles. The van der Waals surface area contributed by atoms with Gasteiger partial charge in [-0.2, -0.15) is 11.8 Å². The highest BCUT2D eigenvalue weighted by molar-refractivity contribution is 7.99. The summed E-state index contributed by atoms with van der Waals surface area (Å²) in [5.41, 5.74) is 5.86. The highest BCUT2D eigenvalue weighted by Gasteiger charge is 2.15. The van der Waals surface area contributed by atoms with E-state index >= 15 is 0 Å². The molecule has 0 spiro atoms. The van der Waals surface area contributed by atoms with Crippen molar-refractivity contribution in [3.63, 3.8) is 0 Å². The Kier molecular flexibility index (Phi) is 7.81. The predicted molar refractivity (Wildman–Crippen MR) is 61.1 cm³/mol. The molecule has 0 amide bonds. The molecule has 0 aliphatic rings. The van der Waals surface area contributed by atoms with E-state index in [0.29, 0.717) is 0 Å². The zero-order chi connectivity index (χ0) is 10.3. The van der Waals surface area contributed by atoms with E-state index < -0.39 is 0 Å². The average molecular weight is 205 g/mol. The maximum absolute atomic E-state index is 9.09. The van der Waals surface area contributed by atoms with Gasteiger partial charge in [-0.1, -0.05) is 20.8 Å². The molecule has 0 heterocycles. The molecule has 13 heavy (non-hydrogen) atoms. The van der Waals surface area contributed by atoms with Crippen molar-refractivity contribution in [2.45, 2.75) is 44.9 Å². The highest BCUT2D eigenvalue weighted by atomic mass is 32.2. The van der Waals surface area contributed by atoms with Crippen LogP contribution in [0.15, 0.2) is 0 Å². The van der Waals surface area contributed by atoms with Gasteiger partial charge in [0, 0.05) is 11.3 Å². The first-order valence-electron chi connectivity index (χ1n) is 5.09. The number of rotatable bonds is 7. The quantitative estimate of drug-likeness (QED) is 0.667. The van der Waals surface area contributed by atoms with Crippen molar-refractivity contribution < 1.29 is 5.11 Å². The van der Waals surface area contributed by atoms with Crippen molar-refractivity contribution in [1.29, 1.82) is 0 Å². The van der Waals surface area contributed by atoms with Crippen molar-refractivity contribution in [2.75, 3.05) is 12.4 Å². The maximum Gasteiger partial charge on any atom is 0.0565 e. The molecule has 3 heteroatoms. The van der Waals surface area contributed by atoms with Gasteiger partial charge in [-0.3, -0.25) is 0 Å². The van der Waals surface area contributed by atoms with Crippen LogP contribution in [0.25, 0.3) is 0 Å². The van der Waals surface area contributed by atoms with Crippen LogP contribution in [0.1, 0.15) is 33.6 Å². The van der Waals surface area contributed by atoms with Crippen molar-refractivity contribution >= 4 is 11.8 Å². The molecule has 0 saturated heterocycles. The van der Waals surface area contributed by atoms with Gasteiger partial charge in [-0.15, -0.1) is 0 Å². The van der Waals surface area contributed by atoms with Crippen LogP contribution >= 0.6 is 11.8 Å². The van der Waals surface area contributed by atoms with Crippen LogP contribution < -0.4 is 5.73 Å². The normalized spacial score (nSPS) is 16.2. The first kappa shape index (κ1) is 13.3. The standard InChI is InChI=1S/C10H23NOS/c1-4-9(11)10(7-12)13-6-5-8(2)3/h8-10,12H,4-7,11H2,1-3H3. The zero-order valence-electron chi connectivity index (χ0n) is 8.99. The van der Waals surface area contributed by atoms with Crippen LogP contribution in [-0.2, 0) is 0 Å². The lowest BCUT2D eigenvalue weighted by Crippen LogP contribution is -2.34. The molecule has 0 rings (SSSR count). The van der Waals surface area contributed by atoms with Crippen LogP contribution in [0.4, 0.5) is 0 Å². The number of aliphatic hydroxyl groups excluding tert-OH is 1. The van der Waals surface area contributed by atoms with Crippen LogP contribution in [0.3, 0.4) is 0 Å². The van der Waals surface area contributed by atoms with Crippen LogP contribution in [-0.4, -0.2) is 28.8 Å². The zero-order valence-corrected chi connectivity index (χ0v) is 9.81. The van der Waals surface area contributed by atoms with Crippen LogP contribution in [0.2, 0.25) is 0 Å². The van der Waals surface area contributed by atoms with Gasteiger partial charge in [-0.25, -0.2) is 0 Å². The number of hydrogen-bond acceptors (Lipinski definition) is 3. The Morgan fingerprint density at radius 3 is 2.38 bits per heavy atom. The summed E-state index contributed by atoms with van der Waals surface area (Å²) in [6, 6.07) is 0.141. The second-order valence-electron chi connectivity index (χ2n) is 3.85. The van der Waals surface area contributed by atoms with Gasteiger partial charge in [0.25, 0.3) is 0 Å². The topological polar surface area (TPSA) is 46.2 Å². The summed E-state index contributed by atoms with van der Waals surface area (Å²) in [4.78, 5) is 0. The maximum atomic E-state index is 9.09. The van der Waals surface area contributed by atoms with Gasteiger partial charge < -0.3 is 10.8 Å². The van der Waals surface area contributed by atoms with E-state index in [1.54, 1.807) is 0 Å². The molecular weight excluding hydrogens is 182 g/mol. The summed E-state index contributed by atoms with van der Waals surface area (Å²) in [6.45, 7) is 6.70. The molecule has 2 atom stereocenters. The van der Waals surface area contributed by atoms with E-state index in [1.165, 1.54) is 6.42 Å². The van der Waals surface area contributed by atoms with Crippen LogP contribution in [0.5, 0.6) is 0 Å². The van der Waals surface area contributed by atoms with Gasteiger partial charge in [0.05, 0.1) is 6.61 Å². The van der Waals surface area contributed by atoms with Crippen molar-refractivity contribution in [2.24, 2.45) is 11.7 Å². The van der Waals surface area contributed by atoms with Gasteiger partial charge in [0.2, 0.25) is 0 Å². The molecule has 0 aromatic carbocycles. The first-order valence-corrected chi connectivity index (χ1v) is 6.14.